The Morgan fingerprint density at radius 3 is 2.69 bits per heavy atom. The van der Waals surface area contributed by atoms with Gasteiger partial charge in [-0.3, -0.25) is 9.36 Å². The van der Waals surface area contributed by atoms with Gasteiger partial charge in [-0.2, -0.15) is 0 Å². The monoisotopic (exact) mass is 409 g/mol. The number of benzene rings is 2. The third-order valence-corrected chi connectivity index (χ3v) is 6.16. The molecule has 2 aromatic carbocycles. The fourth-order valence-corrected chi connectivity index (χ4v) is 4.39. The topological polar surface area (TPSA) is 72.3 Å². The molecule has 2 aliphatic rings. The van der Waals surface area contributed by atoms with E-state index in [-0.39, 0.29) is 5.91 Å². The number of nitrogens with one attached hydrogen (secondary N) is 1. The number of hydrogen-bond acceptors (Lipinski definition) is 6. The molecular weight excluding hydrogens is 386 g/mol. The summed E-state index contributed by atoms with van der Waals surface area (Å²) in [5, 5.41) is 14.9. The van der Waals surface area contributed by atoms with Crippen LogP contribution in [0.15, 0.2) is 47.6 Å². The zero-order valence-electron chi connectivity index (χ0n) is 16.1. The van der Waals surface area contributed by atoms with E-state index in [0.717, 1.165) is 53.5 Å². The lowest BCUT2D eigenvalue weighted by molar-refractivity contribution is -0.113. The van der Waals surface area contributed by atoms with Crippen molar-refractivity contribution in [3.8, 4) is 0 Å². The number of carbonyl (C=O) groups excluding carboxylic acids is 1. The summed E-state index contributed by atoms with van der Waals surface area (Å²) in [5.41, 5.74) is 0.812. The highest BCUT2D eigenvalue weighted by Gasteiger charge is 2.32. The number of nitrogens with zero attached hydrogens (tertiary/aromatic N) is 4. The van der Waals surface area contributed by atoms with Crippen molar-refractivity contribution in [3.05, 3.63) is 42.5 Å². The standard InChI is InChI=1S/C21H23N5O2S/c27-19(22-17-6-5-15-3-1-2-4-16(15)13-17)14-29-21-24-23-20(26(21)18-7-8-18)25-9-11-28-12-10-25/h1-6,13,18H,7-12,14H2,(H,22,27). The molecule has 150 valence electrons. The number of carbonyl (C=O) groups is 1. The van der Waals surface area contributed by atoms with Crippen LogP contribution < -0.4 is 10.2 Å². The first-order valence-corrected chi connectivity index (χ1v) is 11.0. The first-order chi connectivity index (χ1) is 14.3. The largest absolute Gasteiger partial charge is 0.378 e. The van der Waals surface area contributed by atoms with Crippen LogP contribution in [0.1, 0.15) is 18.9 Å². The minimum absolute atomic E-state index is 0.0384. The zero-order chi connectivity index (χ0) is 19.6. The van der Waals surface area contributed by atoms with E-state index in [4.69, 9.17) is 4.74 Å². The van der Waals surface area contributed by atoms with Crippen LogP contribution in [-0.4, -0.2) is 52.7 Å². The van der Waals surface area contributed by atoms with Crippen molar-refractivity contribution in [3.63, 3.8) is 0 Å². The quantitative estimate of drug-likeness (QED) is 0.630. The highest BCUT2D eigenvalue weighted by molar-refractivity contribution is 7.99. The van der Waals surface area contributed by atoms with E-state index in [1.165, 1.54) is 11.8 Å². The summed E-state index contributed by atoms with van der Waals surface area (Å²) >= 11 is 1.45. The Balaban J connectivity index is 1.25. The van der Waals surface area contributed by atoms with Gasteiger partial charge < -0.3 is 15.0 Å². The van der Waals surface area contributed by atoms with Crippen LogP contribution in [0.3, 0.4) is 0 Å². The molecule has 0 unspecified atom stereocenters. The van der Waals surface area contributed by atoms with Gasteiger partial charge in [0.25, 0.3) is 0 Å². The van der Waals surface area contributed by atoms with Gasteiger partial charge in [0.05, 0.1) is 19.0 Å². The van der Waals surface area contributed by atoms with Gasteiger partial charge in [0, 0.05) is 24.8 Å². The predicted octanol–water partition coefficient (Wildman–Crippen LogP) is 3.33. The molecule has 1 aliphatic carbocycles. The van der Waals surface area contributed by atoms with Gasteiger partial charge in [-0.25, -0.2) is 0 Å². The lowest BCUT2D eigenvalue weighted by Gasteiger charge is -2.27. The fraction of sp³-hybridized carbons (Fsp3) is 0.381. The summed E-state index contributed by atoms with van der Waals surface area (Å²) in [5.74, 6) is 1.18. The summed E-state index contributed by atoms with van der Waals surface area (Å²) in [6, 6.07) is 14.5. The van der Waals surface area contributed by atoms with E-state index in [0.29, 0.717) is 25.0 Å². The summed E-state index contributed by atoms with van der Waals surface area (Å²) < 4.78 is 7.66. The SMILES string of the molecule is O=C(CSc1nnc(N2CCOCC2)n1C1CC1)Nc1ccc2ccccc2c1. The molecule has 7 nitrogen and oxygen atoms in total. The fourth-order valence-electron chi connectivity index (χ4n) is 3.59. The molecule has 1 saturated carbocycles. The summed E-state index contributed by atoms with van der Waals surface area (Å²) in [7, 11) is 0. The first kappa shape index (κ1) is 18.4. The normalized spacial score (nSPS) is 16.9. The second kappa shape index (κ2) is 8.04. The molecule has 0 spiro atoms. The first-order valence-electron chi connectivity index (χ1n) is 9.97. The van der Waals surface area contributed by atoms with Gasteiger partial charge in [-0.15, -0.1) is 10.2 Å². The van der Waals surface area contributed by atoms with Crippen LogP contribution in [0.5, 0.6) is 0 Å². The number of amides is 1. The summed E-state index contributed by atoms with van der Waals surface area (Å²) in [6.07, 6.45) is 2.29. The molecule has 2 fully saturated rings. The molecular formula is C21H23N5O2S. The number of anilines is 2. The van der Waals surface area contributed by atoms with Crippen LogP contribution in [0.2, 0.25) is 0 Å². The third-order valence-electron chi connectivity index (χ3n) is 5.22. The molecule has 2 heterocycles. The molecule has 5 rings (SSSR count). The number of rotatable bonds is 6. The number of thioether (sulfide) groups is 1. The number of morpholine rings is 1. The Bertz CT molecular complexity index is 1030. The van der Waals surface area contributed by atoms with Crippen molar-refractivity contribution >= 4 is 40.1 Å². The Hall–Kier alpha value is -2.58. The van der Waals surface area contributed by atoms with Gasteiger partial charge in [-0.05, 0) is 35.7 Å². The number of fused-ring (bicyclic) bond motifs is 1. The Kier molecular flexibility index (Phi) is 5.12. The highest BCUT2D eigenvalue weighted by Crippen LogP contribution is 2.41. The van der Waals surface area contributed by atoms with Crippen molar-refractivity contribution in [1.82, 2.24) is 14.8 Å². The van der Waals surface area contributed by atoms with E-state index in [1.54, 1.807) is 0 Å². The number of ether oxygens (including phenoxy) is 1. The average molecular weight is 410 g/mol. The number of hydrogen-bond donors (Lipinski definition) is 1. The van der Waals surface area contributed by atoms with E-state index < -0.39 is 0 Å². The van der Waals surface area contributed by atoms with E-state index in [1.807, 2.05) is 36.4 Å². The van der Waals surface area contributed by atoms with Gasteiger partial charge in [0.1, 0.15) is 0 Å². The van der Waals surface area contributed by atoms with Crippen molar-refractivity contribution < 1.29 is 9.53 Å². The third kappa shape index (κ3) is 4.09. The number of aromatic nitrogens is 3. The van der Waals surface area contributed by atoms with Gasteiger partial charge in [0.15, 0.2) is 5.16 Å². The maximum atomic E-state index is 12.5. The molecule has 1 aliphatic heterocycles. The van der Waals surface area contributed by atoms with Crippen LogP contribution in [0.25, 0.3) is 10.8 Å². The molecule has 0 bridgehead atoms. The Labute approximate surface area is 173 Å². The maximum absolute atomic E-state index is 12.5. The van der Waals surface area contributed by atoms with Gasteiger partial charge >= 0.3 is 0 Å². The minimum atomic E-state index is -0.0384. The maximum Gasteiger partial charge on any atom is 0.234 e. The molecule has 0 atom stereocenters. The molecule has 3 aromatic rings. The average Bonchev–Trinajstić information content (AvgIpc) is 3.51. The van der Waals surface area contributed by atoms with E-state index in [2.05, 4.69) is 31.0 Å². The smallest absolute Gasteiger partial charge is 0.234 e. The van der Waals surface area contributed by atoms with Crippen LogP contribution in [0.4, 0.5) is 11.6 Å². The highest BCUT2D eigenvalue weighted by atomic mass is 32.2. The Morgan fingerprint density at radius 1 is 1.10 bits per heavy atom. The molecule has 29 heavy (non-hydrogen) atoms. The van der Waals surface area contributed by atoms with Crippen molar-refractivity contribution in [2.45, 2.75) is 24.0 Å². The second-order valence-electron chi connectivity index (χ2n) is 7.38. The summed E-state index contributed by atoms with van der Waals surface area (Å²) in [6.45, 7) is 3.10. The lowest BCUT2D eigenvalue weighted by Crippen LogP contribution is -2.38. The lowest BCUT2D eigenvalue weighted by atomic mass is 10.1. The van der Waals surface area contributed by atoms with Crippen LogP contribution >= 0.6 is 11.8 Å². The molecule has 8 heteroatoms. The Morgan fingerprint density at radius 2 is 1.90 bits per heavy atom. The van der Waals surface area contributed by atoms with Crippen LogP contribution in [0, 0.1) is 0 Å². The van der Waals surface area contributed by atoms with Gasteiger partial charge in [-0.1, -0.05) is 42.1 Å². The molecule has 1 saturated heterocycles. The van der Waals surface area contributed by atoms with E-state index >= 15 is 0 Å². The van der Waals surface area contributed by atoms with Crippen molar-refractivity contribution in [1.29, 1.82) is 0 Å². The van der Waals surface area contributed by atoms with Gasteiger partial charge in [0.2, 0.25) is 11.9 Å². The second-order valence-corrected chi connectivity index (χ2v) is 8.32. The zero-order valence-corrected chi connectivity index (χ0v) is 16.9. The minimum Gasteiger partial charge on any atom is -0.378 e. The van der Waals surface area contributed by atoms with Crippen LogP contribution in [-0.2, 0) is 9.53 Å². The van der Waals surface area contributed by atoms with E-state index in [9.17, 15) is 4.79 Å². The molecule has 1 amide bonds. The molecule has 1 N–H and O–H groups in total. The van der Waals surface area contributed by atoms with Crippen molar-refractivity contribution in [2.24, 2.45) is 0 Å². The van der Waals surface area contributed by atoms with Crippen molar-refractivity contribution in [2.75, 3.05) is 42.3 Å². The predicted molar refractivity (Wildman–Crippen MR) is 115 cm³/mol. The molecule has 0 radical (unpaired) electrons. The molecule has 1 aromatic heterocycles. The summed E-state index contributed by atoms with van der Waals surface area (Å²) in [4.78, 5) is 14.7.